The molecule has 1 heterocycles. The molecule has 0 bridgehead atoms. The fourth-order valence-electron chi connectivity index (χ4n) is 4.60. The standard InChI is InChI=1S/C38H36N2/c1-6-10-37(26-39)35-17-14-29(5)31(23-35)16-13-28(4)27(3)12-15-30(7-2)32-18-19-34-25-36(21-20-33(34)24-32)38-11-8-9-22-40-38/h6-26,38-40H,1,3-4H2,2,5H3/b15-12-,16-13-,30-7+,37-10+,39-26?. The molecule has 1 aliphatic rings. The van der Waals surface area contributed by atoms with Crippen LogP contribution >= 0.6 is 0 Å². The van der Waals surface area contributed by atoms with Crippen LogP contribution in [0.5, 0.6) is 0 Å². The maximum atomic E-state index is 7.69. The largest absolute Gasteiger partial charge is 0.381 e. The number of hydrogen-bond acceptors (Lipinski definition) is 2. The molecule has 0 saturated heterocycles. The summed E-state index contributed by atoms with van der Waals surface area (Å²) in [6.07, 6.45) is 23.4. The van der Waals surface area contributed by atoms with Gasteiger partial charge in [0, 0.05) is 6.21 Å². The van der Waals surface area contributed by atoms with Gasteiger partial charge in [0.1, 0.15) is 0 Å². The lowest BCUT2D eigenvalue weighted by molar-refractivity contribution is 0.747. The van der Waals surface area contributed by atoms with Crippen LogP contribution in [0.15, 0.2) is 146 Å². The third-order valence-corrected chi connectivity index (χ3v) is 7.06. The second-order valence-corrected chi connectivity index (χ2v) is 9.74. The summed E-state index contributed by atoms with van der Waals surface area (Å²) >= 11 is 0. The minimum atomic E-state index is 0.206. The van der Waals surface area contributed by atoms with Gasteiger partial charge < -0.3 is 10.7 Å². The Morgan fingerprint density at radius 2 is 1.57 bits per heavy atom. The third-order valence-electron chi connectivity index (χ3n) is 7.06. The molecule has 3 aromatic rings. The molecule has 2 heteroatoms. The average Bonchev–Trinajstić information content (AvgIpc) is 2.99. The van der Waals surface area contributed by atoms with Gasteiger partial charge in [0.2, 0.25) is 0 Å². The maximum Gasteiger partial charge on any atom is 0.0695 e. The topological polar surface area (TPSA) is 35.9 Å². The van der Waals surface area contributed by atoms with Crippen molar-refractivity contribution in [3.63, 3.8) is 0 Å². The molecule has 0 aliphatic carbocycles. The first kappa shape index (κ1) is 28.1. The summed E-state index contributed by atoms with van der Waals surface area (Å²) in [5.41, 5.74) is 9.26. The highest BCUT2D eigenvalue weighted by Gasteiger charge is 2.09. The molecule has 0 radical (unpaired) electrons. The zero-order chi connectivity index (χ0) is 28.5. The summed E-state index contributed by atoms with van der Waals surface area (Å²) in [4.78, 5) is 0. The van der Waals surface area contributed by atoms with Crippen molar-refractivity contribution in [1.29, 1.82) is 5.41 Å². The summed E-state index contributed by atoms with van der Waals surface area (Å²) in [5, 5.41) is 13.5. The van der Waals surface area contributed by atoms with Crippen LogP contribution in [0, 0.1) is 12.3 Å². The van der Waals surface area contributed by atoms with E-state index in [0.717, 1.165) is 44.5 Å². The summed E-state index contributed by atoms with van der Waals surface area (Å²) in [6.45, 7) is 16.4. The van der Waals surface area contributed by atoms with Gasteiger partial charge in [-0.05, 0) is 105 Å². The SMILES string of the molecule is C=C/C=C(\C=N)c1ccc(C)c(/C=C\C(=C)C(=C)/C=C\C(=C/C)c2ccc3cc(C4C=CC=CN4)ccc3c2)c1. The number of hydrogen-bond donors (Lipinski definition) is 2. The van der Waals surface area contributed by atoms with E-state index in [1.807, 2.05) is 36.6 Å². The van der Waals surface area contributed by atoms with Crippen molar-refractivity contribution in [3.8, 4) is 0 Å². The van der Waals surface area contributed by atoms with Crippen LogP contribution in [0.25, 0.3) is 28.0 Å². The second-order valence-electron chi connectivity index (χ2n) is 9.74. The van der Waals surface area contributed by atoms with Gasteiger partial charge in [-0.1, -0.05) is 111 Å². The summed E-state index contributed by atoms with van der Waals surface area (Å²) in [5.74, 6) is 0. The number of rotatable bonds is 10. The predicted molar refractivity (Wildman–Crippen MR) is 176 cm³/mol. The highest BCUT2D eigenvalue weighted by molar-refractivity contribution is 6.08. The third kappa shape index (κ3) is 6.73. The molecule has 0 spiro atoms. The van der Waals surface area contributed by atoms with Crippen LogP contribution in [-0.2, 0) is 0 Å². The molecule has 2 nitrogen and oxygen atoms in total. The Bertz CT molecular complexity index is 1650. The Morgan fingerprint density at radius 1 is 0.850 bits per heavy atom. The van der Waals surface area contributed by atoms with E-state index in [1.54, 1.807) is 6.08 Å². The highest BCUT2D eigenvalue weighted by Crippen LogP contribution is 2.27. The van der Waals surface area contributed by atoms with Gasteiger partial charge in [0.15, 0.2) is 0 Å². The van der Waals surface area contributed by atoms with Gasteiger partial charge >= 0.3 is 0 Å². The fraction of sp³-hybridized carbons (Fsp3) is 0.0789. The van der Waals surface area contributed by atoms with Gasteiger partial charge in [-0.3, -0.25) is 0 Å². The molecular formula is C38H36N2. The number of fused-ring (bicyclic) bond motifs is 1. The number of nitrogens with one attached hydrogen (secondary N) is 2. The van der Waals surface area contributed by atoms with Crippen molar-refractivity contribution in [2.75, 3.05) is 0 Å². The zero-order valence-corrected chi connectivity index (χ0v) is 23.3. The lowest BCUT2D eigenvalue weighted by atomic mass is 9.96. The van der Waals surface area contributed by atoms with Gasteiger partial charge in [-0.25, -0.2) is 0 Å². The van der Waals surface area contributed by atoms with E-state index >= 15 is 0 Å². The molecule has 1 atom stereocenters. The predicted octanol–water partition coefficient (Wildman–Crippen LogP) is 9.87. The molecule has 0 fully saturated rings. The van der Waals surface area contributed by atoms with Gasteiger partial charge in [0.05, 0.1) is 6.04 Å². The van der Waals surface area contributed by atoms with E-state index in [2.05, 4.69) is 118 Å². The summed E-state index contributed by atoms with van der Waals surface area (Å²) in [7, 11) is 0. The quantitative estimate of drug-likeness (QED) is 0.202. The van der Waals surface area contributed by atoms with E-state index in [0.29, 0.717) is 0 Å². The van der Waals surface area contributed by atoms with Crippen molar-refractivity contribution in [3.05, 3.63) is 174 Å². The van der Waals surface area contributed by atoms with Crippen molar-refractivity contribution in [2.24, 2.45) is 0 Å². The monoisotopic (exact) mass is 520 g/mol. The first-order valence-electron chi connectivity index (χ1n) is 13.4. The fourth-order valence-corrected chi connectivity index (χ4v) is 4.60. The molecule has 0 saturated carbocycles. The smallest absolute Gasteiger partial charge is 0.0695 e. The lowest BCUT2D eigenvalue weighted by Gasteiger charge is -2.17. The molecule has 2 N–H and O–H groups in total. The molecule has 0 amide bonds. The van der Waals surface area contributed by atoms with Crippen LogP contribution in [0.3, 0.4) is 0 Å². The molecule has 4 rings (SSSR count). The summed E-state index contributed by atoms with van der Waals surface area (Å²) in [6, 6.07) is 19.6. The van der Waals surface area contributed by atoms with Crippen molar-refractivity contribution in [1.82, 2.24) is 5.32 Å². The number of benzene rings is 3. The first-order valence-corrected chi connectivity index (χ1v) is 13.4. The Kier molecular flexibility index (Phi) is 9.27. The minimum absolute atomic E-state index is 0.206. The lowest BCUT2D eigenvalue weighted by Crippen LogP contribution is -2.14. The number of aryl methyl sites for hydroxylation is 1. The van der Waals surface area contributed by atoms with E-state index < -0.39 is 0 Å². The van der Waals surface area contributed by atoms with Gasteiger partial charge in [0.25, 0.3) is 0 Å². The Hall–Kier alpha value is -4.95. The number of allylic oxidation sites excluding steroid dienone is 12. The molecular weight excluding hydrogens is 484 g/mol. The second kappa shape index (κ2) is 13.2. The molecule has 1 aliphatic heterocycles. The highest BCUT2D eigenvalue weighted by atomic mass is 14.9. The van der Waals surface area contributed by atoms with Crippen LogP contribution in [0.1, 0.15) is 40.8 Å². The van der Waals surface area contributed by atoms with E-state index in [1.165, 1.54) is 22.6 Å². The number of dihydropyridines is 1. The van der Waals surface area contributed by atoms with Crippen LogP contribution < -0.4 is 5.32 Å². The molecule has 198 valence electrons. The van der Waals surface area contributed by atoms with Crippen molar-refractivity contribution >= 4 is 34.2 Å². The average molecular weight is 521 g/mol. The van der Waals surface area contributed by atoms with E-state index in [-0.39, 0.29) is 6.04 Å². The maximum absolute atomic E-state index is 7.69. The van der Waals surface area contributed by atoms with Crippen molar-refractivity contribution in [2.45, 2.75) is 19.9 Å². The van der Waals surface area contributed by atoms with Gasteiger partial charge in [-0.15, -0.1) is 0 Å². The Labute approximate surface area is 238 Å². The van der Waals surface area contributed by atoms with Crippen LogP contribution in [0.4, 0.5) is 0 Å². The van der Waals surface area contributed by atoms with Crippen molar-refractivity contribution < 1.29 is 0 Å². The Balaban J connectivity index is 1.47. The minimum Gasteiger partial charge on any atom is -0.381 e. The normalized spacial score (nSPS) is 15.5. The van der Waals surface area contributed by atoms with Crippen LogP contribution in [-0.4, -0.2) is 6.21 Å². The molecule has 1 unspecified atom stereocenters. The Morgan fingerprint density at radius 3 is 2.30 bits per heavy atom. The summed E-state index contributed by atoms with van der Waals surface area (Å²) < 4.78 is 0. The first-order chi connectivity index (χ1) is 19.4. The van der Waals surface area contributed by atoms with Gasteiger partial charge in [-0.2, -0.15) is 0 Å². The van der Waals surface area contributed by atoms with Crippen LogP contribution in [0.2, 0.25) is 0 Å². The van der Waals surface area contributed by atoms with E-state index in [4.69, 9.17) is 5.41 Å². The molecule has 40 heavy (non-hydrogen) atoms. The molecule has 3 aromatic carbocycles. The van der Waals surface area contributed by atoms with E-state index in [9.17, 15) is 0 Å². The molecule has 0 aromatic heterocycles. The zero-order valence-electron chi connectivity index (χ0n) is 23.3.